The Bertz CT molecular complexity index is 1740. The Labute approximate surface area is 222 Å². The lowest BCUT2D eigenvalue weighted by molar-refractivity contribution is -0.123. The largest absolute Gasteiger partial charge is 0.449 e. The number of aromatic amines is 1. The number of carbonyl (C=O) groups is 2. The predicted octanol–water partition coefficient (Wildman–Crippen LogP) is 3.40. The second-order valence-electron chi connectivity index (χ2n) is 8.30. The van der Waals surface area contributed by atoms with Crippen LogP contribution in [-0.2, 0) is 19.6 Å². The number of anilines is 2. The number of hydrogen-bond donors (Lipinski definition) is 3. The van der Waals surface area contributed by atoms with E-state index in [0.717, 1.165) is 5.56 Å². The Hall–Kier alpha value is -5.17. The third-order valence-corrected chi connectivity index (χ3v) is 6.87. The van der Waals surface area contributed by atoms with Crippen LogP contribution in [0.3, 0.4) is 0 Å². The number of rotatable bonds is 8. The van der Waals surface area contributed by atoms with Gasteiger partial charge in [-0.3, -0.25) is 9.78 Å². The summed E-state index contributed by atoms with van der Waals surface area (Å²) >= 11 is 0. The fourth-order valence-corrected chi connectivity index (χ4v) is 4.51. The third-order valence-electron chi connectivity index (χ3n) is 5.53. The maximum atomic E-state index is 12.7. The maximum Gasteiger partial charge on any atom is 0.338 e. The first kappa shape index (κ1) is 25.5. The minimum absolute atomic E-state index is 0.0479. The third kappa shape index (κ3) is 5.88. The van der Waals surface area contributed by atoms with Crippen molar-refractivity contribution in [3.63, 3.8) is 0 Å². The number of amides is 1. The molecule has 0 fully saturated rings. The van der Waals surface area contributed by atoms with Crippen LogP contribution in [0.1, 0.15) is 17.3 Å². The number of aromatic nitrogens is 5. The number of esters is 1. The van der Waals surface area contributed by atoms with Crippen molar-refractivity contribution in [3.8, 4) is 11.4 Å². The summed E-state index contributed by atoms with van der Waals surface area (Å²) in [5, 5.41) is 2.60. The molecule has 3 N–H and O–H groups in total. The minimum Gasteiger partial charge on any atom is -0.449 e. The number of nitrogens with one attached hydrogen (secondary N) is 3. The molecule has 13 heteroatoms. The zero-order chi connectivity index (χ0) is 27.4. The molecule has 39 heavy (non-hydrogen) atoms. The molecule has 0 spiro atoms. The van der Waals surface area contributed by atoms with Crippen LogP contribution < -0.4 is 10.0 Å². The van der Waals surface area contributed by atoms with Crippen molar-refractivity contribution in [1.29, 1.82) is 0 Å². The van der Waals surface area contributed by atoms with Gasteiger partial charge in [0.2, 0.25) is 5.95 Å². The normalized spacial score (nSPS) is 12.0. The molecule has 12 nitrogen and oxygen atoms in total. The quantitative estimate of drug-likeness (QED) is 0.248. The molecule has 1 atom stereocenters. The summed E-state index contributed by atoms with van der Waals surface area (Å²) in [4.78, 5) is 44.7. The van der Waals surface area contributed by atoms with Crippen molar-refractivity contribution in [1.82, 2.24) is 24.9 Å². The molecular formula is C26H21N7O5S. The van der Waals surface area contributed by atoms with Crippen molar-refractivity contribution in [3.05, 3.63) is 91.0 Å². The van der Waals surface area contributed by atoms with Gasteiger partial charge in [0.25, 0.3) is 15.9 Å². The molecule has 2 aromatic carbocycles. The highest BCUT2D eigenvalue weighted by molar-refractivity contribution is 7.92. The smallest absolute Gasteiger partial charge is 0.338 e. The van der Waals surface area contributed by atoms with Crippen molar-refractivity contribution >= 4 is 44.6 Å². The van der Waals surface area contributed by atoms with Crippen molar-refractivity contribution in [2.75, 3.05) is 10.0 Å². The topological polar surface area (TPSA) is 169 Å². The lowest BCUT2D eigenvalue weighted by atomic mass is 10.2. The number of H-pyrrole nitrogens is 1. The highest BCUT2D eigenvalue weighted by Gasteiger charge is 2.21. The Kier molecular flexibility index (Phi) is 6.97. The van der Waals surface area contributed by atoms with Gasteiger partial charge in [-0.25, -0.2) is 32.9 Å². The minimum atomic E-state index is -3.92. The summed E-state index contributed by atoms with van der Waals surface area (Å²) in [6.45, 7) is 1.44. The lowest BCUT2D eigenvalue weighted by Crippen LogP contribution is -2.30. The molecule has 5 rings (SSSR count). The fraction of sp³-hybridized carbons (Fsp3) is 0.0769. The van der Waals surface area contributed by atoms with Crippen molar-refractivity contribution < 1.29 is 22.7 Å². The van der Waals surface area contributed by atoms with Crippen LogP contribution in [0.2, 0.25) is 0 Å². The van der Waals surface area contributed by atoms with E-state index in [4.69, 9.17) is 4.74 Å². The first-order valence-corrected chi connectivity index (χ1v) is 13.1. The van der Waals surface area contributed by atoms with Gasteiger partial charge in [-0.2, -0.15) is 0 Å². The molecule has 0 radical (unpaired) electrons. The number of sulfonamides is 1. The number of pyridine rings is 1. The van der Waals surface area contributed by atoms with Gasteiger partial charge in [0.1, 0.15) is 5.82 Å². The first-order valence-electron chi connectivity index (χ1n) is 11.6. The molecule has 196 valence electrons. The summed E-state index contributed by atoms with van der Waals surface area (Å²) in [6.07, 6.45) is 5.04. The summed E-state index contributed by atoms with van der Waals surface area (Å²) in [5.74, 6) is -0.727. The van der Waals surface area contributed by atoms with Crippen molar-refractivity contribution in [2.24, 2.45) is 0 Å². The fourth-order valence-electron chi connectivity index (χ4n) is 3.55. The van der Waals surface area contributed by atoms with E-state index in [0.29, 0.717) is 22.5 Å². The second-order valence-corrected chi connectivity index (χ2v) is 9.98. The predicted molar refractivity (Wildman–Crippen MR) is 142 cm³/mol. The van der Waals surface area contributed by atoms with Crippen LogP contribution in [0.25, 0.3) is 22.4 Å². The van der Waals surface area contributed by atoms with Gasteiger partial charge in [-0.05, 0) is 67.6 Å². The van der Waals surface area contributed by atoms with E-state index in [9.17, 15) is 18.0 Å². The highest BCUT2D eigenvalue weighted by atomic mass is 32.2. The van der Waals surface area contributed by atoms with Gasteiger partial charge in [0.15, 0.2) is 6.10 Å². The molecule has 5 aromatic rings. The van der Waals surface area contributed by atoms with E-state index in [-0.39, 0.29) is 16.4 Å². The van der Waals surface area contributed by atoms with E-state index < -0.39 is 28.0 Å². The van der Waals surface area contributed by atoms with Gasteiger partial charge in [-0.1, -0.05) is 0 Å². The molecule has 0 saturated carbocycles. The molecule has 0 bridgehead atoms. The van der Waals surface area contributed by atoms with Gasteiger partial charge < -0.3 is 15.0 Å². The molecular weight excluding hydrogens is 522 g/mol. The summed E-state index contributed by atoms with van der Waals surface area (Å²) in [5.41, 5.74) is 2.65. The Morgan fingerprint density at radius 2 is 1.74 bits per heavy atom. The van der Waals surface area contributed by atoms with E-state index in [2.05, 4.69) is 35.0 Å². The summed E-state index contributed by atoms with van der Waals surface area (Å²) < 4.78 is 32.6. The van der Waals surface area contributed by atoms with E-state index in [1.165, 1.54) is 43.6 Å². The molecule has 3 heterocycles. The molecule has 0 aliphatic heterocycles. The zero-order valence-corrected chi connectivity index (χ0v) is 21.2. The number of nitrogens with zero attached hydrogens (tertiary/aromatic N) is 4. The van der Waals surface area contributed by atoms with Crippen molar-refractivity contribution in [2.45, 2.75) is 17.9 Å². The monoisotopic (exact) mass is 543 g/mol. The lowest BCUT2D eigenvalue weighted by Gasteiger charge is -2.14. The maximum absolute atomic E-state index is 12.7. The molecule has 0 aliphatic carbocycles. The average molecular weight is 544 g/mol. The molecule has 1 unspecified atom stereocenters. The van der Waals surface area contributed by atoms with E-state index >= 15 is 0 Å². The van der Waals surface area contributed by atoms with Crippen LogP contribution >= 0.6 is 0 Å². The van der Waals surface area contributed by atoms with Gasteiger partial charge in [0, 0.05) is 36.0 Å². The number of carbonyl (C=O) groups excluding carboxylic acids is 2. The van der Waals surface area contributed by atoms with Gasteiger partial charge >= 0.3 is 5.97 Å². The van der Waals surface area contributed by atoms with E-state index in [1.54, 1.807) is 42.7 Å². The number of benzene rings is 2. The van der Waals surface area contributed by atoms with E-state index in [1.807, 2.05) is 6.07 Å². The van der Waals surface area contributed by atoms with Gasteiger partial charge in [0.05, 0.1) is 21.5 Å². The Morgan fingerprint density at radius 1 is 0.974 bits per heavy atom. The Morgan fingerprint density at radius 3 is 2.46 bits per heavy atom. The molecule has 0 aliphatic rings. The van der Waals surface area contributed by atoms with Gasteiger partial charge in [-0.15, -0.1) is 0 Å². The number of hydrogen-bond acceptors (Lipinski definition) is 9. The van der Waals surface area contributed by atoms with Crippen LogP contribution in [0, 0.1) is 0 Å². The van der Waals surface area contributed by atoms with Crippen LogP contribution in [-0.4, -0.2) is 51.3 Å². The zero-order valence-electron chi connectivity index (χ0n) is 20.4. The highest BCUT2D eigenvalue weighted by Crippen LogP contribution is 2.21. The second kappa shape index (κ2) is 10.7. The first-order chi connectivity index (χ1) is 18.8. The van der Waals surface area contributed by atoms with Crippen LogP contribution in [0.15, 0.2) is 90.3 Å². The number of fused-ring (bicyclic) bond motifs is 1. The average Bonchev–Trinajstić information content (AvgIpc) is 3.38. The molecule has 3 aromatic heterocycles. The number of ether oxygens (including phenoxy) is 1. The molecule has 1 amide bonds. The van der Waals surface area contributed by atoms with Crippen LogP contribution in [0.5, 0.6) is 0 Å². The van der Waals surface area contributed by atoms with Crippen LogP contribution in [0.4, 0.5) is 11.6 Å². The summed E-state index contributed by atoms with van der Waals surface area (Å²) in [7, 11) is -3.92. The Balaban J connectivity index is 1.21. The SMILES string of the molecule is CC(OC(=O)c1ccc2nc(-c3cccnc3)[nH]c2c1)C(=O)Nc1ccc(S(=O)(=O)Nc2ncccn2)cc1. The standard InChI is InChI=1S/C26H21N7O5S/c1-16(24(34)30-19-6-8-20(9-7-19)39(36,37)33-26-28-12-3-13-29-26)38-25(35)17-5-10-21-22(14-17)32-23(31-21)18-4-2-11-27-15-18/h2-16H,1H3,(H,30,34)(H,31,32)(H,28,29,33). The number of imidazole rings is 1. The molecule has 0 saturated heterocycles. The summed E-state index contributed by atoms with van der Waals surface area (Å²) in [6, 6.07) is 15.5.